The summed E-state index contributed by atoms with van der Waals surface area (Å²) < 4.78 is 0. The monoisotopic (exact) mass is 278 g/mol. The van der Waals surface area contributed by atoms with Gasteiger partial charge in [0.15, 0.2) is 5.78 Å². The van der Waals surface area contributed by atoms with Crippen LogP contribution in [-0.4, -0.2) is 22.4 Å². The van der Waals surface area contributed by atoms with E-state index in [2.05, 4.69) is 0 Å². The maximum Gasteiger partial charge on any atom is 0.323 e. The van der Waals surface area contributed by atoms with Gasteiger partial charge in [0.2, 0.25) is 0 Å². The van der Waals surface area contributed by atoms with Crippen molar-refractivity contribution in [1.82, 2.24) is 4.81 Å². The van der Waals surface area contributed by atoms with E-state index in [-0.39, 0.29) is 18.3 Å². The smallest absolute Gasteiger partial charge is 0.323 e. The standard InChI is InChI=1S/C15H11BN2O3/c19-15(12-5-7-13(8-6-12)18(20)21)14-4-3-11-17-10-2-1-9-16(14)17/h1-11H. The van der Waals surface area contributed by atoms with Gasteiger partial charge >= 0.3 is 6.85 Å². The third-order valence-corrected chi connectivity index (χ3v) is 3.44. The predicted molar refractivity (Wildman–Crippen MR) is 80.5 cm³/mol. The van der Waals surface area contributed by atoms with Crippen molar-refractivity contribution in [2.75, 3.05) is 0 Å². The number of carbonyl (C=O) groups excluding carboxylic acids is 1. The molecule has 0 unspecified atom stereocenters. The molecule has 6 heteroatoms. The van der Waals surface area contributed by atoms with Crippen LogP contribution in [0.3, 0.4) is 0 Å². The number of rotatable bonds is 3. The van der Waals surface area contributed by atoms with Gasteiger partial charge in [0.1, 0.15) is 0 Å². The van der Waals surface area contributed by atoms with Gasteiger partial charge in [0.25, 0.3) is 5.69 Å². The van der Waals surface area contributed by atoms with E-state index in [0.717, 1.165) is 0 Å². The predicted octanol–water partition coefficient (Wildman–Crippen LogP) is 2.69. The van der Waals surface area contributed by atoms with Gasteiger partial charge in [0, 0.05) is 17.7 Å². The normalized spacial score (nSPS) is 15.7. The molecule has 0 amide bonds. The third-order valence-electron chi connectivity index (χ3n) is 3.44. The van der Waals surface area contributed by atoms with Crippen molar-refractivity contribution >= 4 is 18.3 Å². The molecular formula is C15H11BN2O3. The minimum Gasteiger partial charge on any atom is -0.389 e. The zero-order valence-electron chi connectivity index (χ0n) is 11.0. The highest BCUT2D eigenvalue weighted by Crippen LogP contribution is 2.22. The van der Waals surface area contributed by atoms with Gasteiger partial charge in [-0.1, -0.05) is 18.1 Å². The van der Waals surface area contributed by atoms with Crippen LogP contribution in [0.25, 0.3) is 0 Å². The van der Waals surface area contributed by atoms with Crippen molar-refractivity contribution in [2.45, 2.75) is 0 Å². The molecule has 0 saturated carbocycles. The number of nitrogens with zero attached hydrogens (tertiary/aromatic N) is 2. The quantitative estimate of drug-likeness (QED) is 0.369. The topological polar surface area (TPSA) is 63.5 Å². The van der Waals surface area contributed by atoms with Crippen molar-refractivity contribution in [3.8, 4) is 0 Å². The molecule has 2 aliphatic heterocycles. The van der Waals surface area contributed by atoms with Gasteiger partial charge in [-0.15, -0.1) is 0 Å². The molecule has 0 saturated heterocycles. The zero-order valence-corrected chi connectivity index (χ0v) is 11.0. The lowest BCUT2D eigenvalue weighted by molar-refractivity contribution is -0.384. The van der Waals surface area contributed by atoms with Gasteiger partial charge in [-0.3, -0.25) is 14.9 Å². The second kappa shape index (κ2) is 5.24. The summed E-state index contributed by atoms with van der Waals surface area (Å²) in [7, 11) is 0. The van der Waals surface area contributed by atoms with Crippen molar-refractivity contribution < 1.29 is 9.72 Å². The molecule has 1 aromatic rings. The number of nitro groups is 1. The molecule has 0 fully saturated rings. The van der Waals surface area contributed by atoms with Crippen LogP contribution >= 0.6 is 0 Å². The lowest BCUT2D eigenvalue weighted by Gasteiger charge is -2.28. The highest BCUT2D eigenvalue weighted by molar-refractivity contribution is 6.76. The van der Waals surface area contributed by atoms with Crippen LogP contribution in [-0.2, 0) is 0 Å². The SMILES string of the molecule is O=C(C1=CC=CN2C=CC=CB12)c1ccc([N+](=O)[O-])cc1. The molecular weight excluding hydrogens is 267 g/mol. The third kappa shape index (κ3) is 2.43. The van der Waals surface area contributed by atoms with Crippen LogP contribution in [0, 0.1) is 10.1 Å². The number of fused-ring (bicyclic) bond motifs is 1. The summed E-state index contributed by atoms with van der Waals surface area (Å²) in [6.45, 7) is -0.123. The van der Waals surface area contributed by atoms with Crippen molar-refractivity contribution in [3.63, 3.8) is 0 Å². The van der Waals surface area contributed by atoms with Gasteiger partial charge < -0.3 is 4.81 Å². The van der Waals surface area contributed by atoms with Crippen LogP contribution < -0.4 is 0 Å². The number of allylic oxidation sites excluding steroid dienone is 5. The van der Waals surface area contributed by atoms with Crippen LogP contribution in [0.15, 0.2) is 72.4 Å². The Morgan fingerprint density at radius 3 is 2.52 bits per heavy atom. The van der Waals surface area contributed by atoms with Gasteiger partial charge in [-0.2, -0.15) is 0 Å². The summed E-state index contributed by atoms with van der Waals surface area (Å²) in [6, 6.07) is 5.68. The second-order valence-corrected chi connectivity index (χ2v) is 4.72. The second-order valence-electron chi connectivity index (χ2n) is 4.72. The lowest BCUT2D eigenvalue weighted by atomic mass is 9.50. The van der Waals surface area contributed by atoms with E-state index in [0.29, 0.717) is 11.0 Å². The van der Waals surface area contributed by atoms with Gasteiger partial charge in [-0.25, -0.2) is 0 Å². The fourth-order valence-electron chi connectivity index (χ4n) is 2.37. The molecule has 2 aliphatic rings. The van der Waals surface area contributed by atoms with Crippen LogP contribution in [0.5, 0.6) is 0 Å². The number of Topliss-reactive ketones (excluding diaryl/α,β-unsaturated/α-hetero) is 1. The molecule has 0 aromatic heterocycles. The molecule has 2 heterocycles. The Kier molecular flexibility index (Phi) is 3.27. The molecule has 21 heavy (non-hydrogen) atoms. The molecule has 0 aliphatic carbocycles. The molecule has 0 spiro atoms. The number of hydrogen-bond acceptors (Lipinski definition) is 4. The first-order valence-corrected chi connectivity index (χ1v) is 6.47. The number of benzene rings is 1. The van der Waals surface area contributed by atoms with Crippen molar-refractivity contribution in [3.05, 3.63) is 88.1 Å². The maximum atomic E-state index is 12.6. The molecule has 0 radical (unpaired) electrons. The molecule has 1 aromatic carbocycles. The molecule has 3 rings (SSSR count). The molecule has 0 atom stereocenters. The van der Waals surface area contributed by atoms with Crippen LogP contribution in [0.2, 0.25) is 0 Å². The number of non-ortho nitro benzene ring substituents is 1. The molecule has 102 valence electrons. The van der Waals surface area contributed by atoms with E-state index in [4.69, 9.17) is 0 Å². The van der Waals surface area contributed by atoms with Gasteiger partial charge in [-0.05, 0) is 42.2 Å². The molecule has 0 bridgehead atoms. The Bertz CT molecular complexity index is 717. The van der Waals surface area contributed by atoms with E-state index in [1.165, 1.54) is 24.3 Å². The zero-order chi connectivity index (χ0) is 14.8. The van der Waals surface area contributed by atoms with Crippen molar-refractivity contribution in [1.29, 1.82) is 0 Å². The highest BCUT2D eigenvalue weighted by atomic mass is 16.6. The Hall–Kier alpha value is -2.89. The van der Waals surface area contributed by atoms with Crippen molar-refractivity contribution in [2.24, 2.45) is 0 Å². The van der Waals surface area contributed by atoms with E-state index >= 15 is 0 Å². The minimum absolute atomic E-state index is 0.0220. The van der Waals surface area contributed by atoms with Crippen LogP contribution in [0.4, 0.5) is 5.69 Å². The summed E-state index contributed by atoms with van der Waals surface area (Å²) in [5.74, 6) is 1.82. The fraction of sp³-hybridized carbons (Fsp3) is 0. The first kappa shape index (κ1) is 13.1. The lowest BCUT2D eigenvalue weighted by Crippen LogP contribution is -2.37. The average molecular weight is 278 g/mol. The summed E-state index contributed by atoms with van der Waals surface area (Å²) in [4.78, 5) is 24.7. The maximum absolute atomic E-state index is 12.6. The Morgan fingerprint density at radius 1 is 1.10 bits per heavy atom. The largest absolute Gasteiger partial charge is 0.389 e. The van der Waals surface area contributed by atoms with Gasteiger partial charge in [0.05, 0.1) is 4.92 Å². The van der Waals surface area contributed by atoms with E-state index in [1.54, 1.807) is 6.08 Å². The average Bonchev–Trinajstić information content (AvgIpc) is 2.53. The van der Waals surface area contributed by atoms with E-state index in [9.17, 15) is 14.9 Å². The van der Waals surface area contributed by atoms with E-state index < -0.39 is 4.92 Å². The molecule has 0 N–H and O–H groups in total. The number of ketones is 1. The Labute approximate surface area is 121 Å². The minimum atomic E-state index is -0.479. The number of hydrogen-bond donors (Lipinski definition) is 0. The summed E-state index contributed by atoms with van der Waals surface area (Å²) in [5.41, 5.74) is 1.07. The van der Waals surface area contributed by atoms with E-state index in [1.807, 2.05) is 41.4 Å². The first-order valence-electron chi connectivity index (χ1n) is 6.47. The van der Waals surface area contributed by atoms with Crippen LogP contribution in [0.1, 0.15) is 10.4 Å². The Morgan fingerprint density at radius 2 is 1.81 bits per heavy atom. The Balaban J connectivity index is 1.89. The first-order chi connectivity index (χ1) is 10.2. The summed E-state index contributed by atoms with van der Waals surface area (Å²) in [6.07, 6.45) is 11.2. The fourth-order valence-corrected chi connectivity index (χ4v) is 2.37. The number of carbonyl (C=O) groups is 1. The number of nitro benzene ring substituents is 1. The molecule has 5 nitrogen and oxygen atoms in total. The summed E-state index contributed by atoms with van der Waals surface area (Å²) in [5, 5.41) is 10.6. The summed E-state index contributed by atoms with van der Waals surface area (Å²) >= 11 is 0. The highest BCUT2D eigenvalue weighted by Gasteiger charge is 2.30.